The van der Waals surface area contributed by atoms with E-state index >= 15 is 0 Å². The van der Waals surface area contributed by atoms with Gasteiger partial charge in [-0.05, 0) is 25.3 Å². The SMILES string of the molecule is CC(C)n1c(=O)[nH]c(=O)c2ccsc21. The molecule has 0 aromatic carbocycles. The number of aromatic amines is 1. The summed E-state index contributed by atoms with van der Waals surface area (Å²) < 4.78 is 1.60. The molecule has 0 aliphatic rings. The molecule has 2 heterocycles. The van der Waals surface area contributed by atoms with Crippen LogP contribution in [0.2, 0.25) is 0 Å². The van der Waals surface area contributed by atoms with E-state index in [2.05, 4.69) is 4.98 Å². The maximum absolute atomic E-state index is 11.5. The minimum absolute atomic E-state index is 0.0560. The zero-order chi connectivity index (χ0) is 10.3. The average Bonchev–Trinajstić information content (AvgIpc) is 2.51. The number of rotatable bonds is 1. The normalized spacial score (nSPS) is 11.4. The first-order chi connectivity index (χ1) is 6.61. The summed E-state index contributed by atoms with van der Waals surface area (Å²) in [5.41, 5.74) is -0.636. The number of hydrogen-bond acceptors (Lipinski definition) is 3. The van der Waals surface area contributed by atoms with Crippen LogP contribution < -0.4 is 11.2 Å². The summed E-state index contributed by atoms with van der Waals surface area (Å²) >= 11 is 1.41. The van der Waals surface area contributed by atoms with Crippen molar-refractivity contribution in [3.8, 4) is 0 Å². The fourth-order valence-electron chi connectivity index (χ4n) is 1.45. The van der Waals surface area contributed by atoms with Gasteiger partial charge in [-0.25, -0.2) is 4.79 Å². The molecule has 0 amide bonds. The lowest BCUT2D eigenvalue weighted by molar-refractivity contribution is 0.588. The Balaban J connectivity index is 3.01. The van der Waals surface area contributed by atoms with Gasteiger partial charge in [0.1, 0.15) is 4.83 Å². The summed E-state index contributed by atoms with van der Waals surface area (Å²) in [5, 5.41) is 2.40. The van der Waals surface area contributed by atoms with Crippen LogP contribution in [0.25, 0.3) is 10.2 Å². The Hall–Kier alpha value is -1.36. The molecule has 0 spiro atoms. The van der Waals surface area contributed by atoms with E-state index in [4.69, 9.17) is 0 Å². The molecule has 74 valence electrons. The Morgan fingerprint density at radius 1 is 1.43 bits per heavy atom. The van der Waals surface area contributed by atoms with Crippen LogP contribution in [-0.4, -0.2) is 9.55 Å². The van der Waals surface area contributed by atoms with Crippen molar-refractivity contribution >= 4 is 21.6 Å². The minimum atomic E-state index is -0.333. The Morgan fingerprint density at radius 3 is 2.79 bits per heavy atom. The summed E-state index contributed by atoms with van der Waals surface area (Å²) in [6.07, 6.45) is 0. The Bertz CT molecular complexity index is 576. The summed E-state index contributed by atoms with van der Waals surface area (Å²) in [7, 11) is 0. The molecular weight excluding hydrogens is 200 g/mol. The second kappa shape index (κ2) is 3.09. The molecule has 0 saturated carbocycles. The van der Waals surface area contributed by atoms with Crippen LogP contribution in [-0.2, 0) is 0 Å². The number of aromatic nitrogens is 2. The van der Waals surface area contributed by atoms with Crippen molar-refractivity contribution < 1.29 is 0 Å². The quantitative estimate of drug-likeness (QED) is 0.772. The molecule has 0 radical (unpaired) electrons. The van der Waals surface area contributed by atoms with Crippen LogP contribution in [0.3, 0.4) is 0 Å². The minimum Gasteiger partial charge on any atom is -0.282 e. The Kier molecular flexibility index (Phi) is 2.03. The molecule has 2 rings (SSSR count). The van der Waals surface area contributed by atoms with Gasteiger partial charge in [-0.2, -0.15) is 0 Å². The highest BCUT2D eigenvalue weighted by Gasteiger charge is 2.10. The van der Waals surface area contributed by atoms with Gasteiger partial charge in [-0.15, -0.1) is 11.3 Å². The zero-order valence-corrected chi connectivity index (χ0v) is 8.72. The predicted octanol–water partition coefficient (Wildman–Crippen LogP) is 1.33. The summed E-state index contributed by atoms with van der Waals surface area (Å²) in [4.78, 5) is 25.9. The molecular formula is C9H10N2O2S. The van der Waals surface area contributed by atoms with Crippen LogP contribution >= 0.6 is 11.3 Å². The molecule has 0 aliphatic carbocycles. The number of fused-ring (bicyclic) bond motifs is 1. The summed E-state index contributed by atoms with van der Waals surface area (Å²) in [6.45, 7) is 3.83. The molecule has 14 heavy (non-hydrogen) atoms. The van der Waals surface area contributed by atoms with Crippen molar-refractivity contribution in [3.05, 3.63) is 32.3 Å². The van der Waals surface area contributed by atoms with Crippen LogP contribution in [0.4, 0.5) is 0 Å². The number of thiophene rings is 1. The lowest BCUT2D eigenvalue weighted by Gasteiger charge is -2.09. The second-order valence-corrected chi connectivity index (χ2v) is 4.26. The molecule has 0 bridgehead atoms. The standard InChI is InChI=1S/C9H10N2O2S/c1-5(2)11-8-6(3-4-14-8)7(12)10-9(11)13/h3-5H,1-2H3,(H,10,12,13). The van der Waals surface area contributed by atoms with Gasteiger partial charge in [0.2, 0.25) is 0 Å². The van der Waals surface area contributed by atoms with Gasteiger partial charge >= 0.3 is 5.69 Å². The topological polar surface area (TPSA) is 54.9 Å². The lowest BCUT2D eigenvalue weighted by Crippen LogP contribution is -2.30. The van der Waals surface area contributed by atoms with E-state index in [1.54, 1.807) is 10.6 Å². The Labute approximate surface area is 83.8 Å². The van der Waals surface area contributed by atoms with Gasteiger partial charge in [0.05, 0.1) is 5.39 Å². The molecule has 2 aromatic rings. The van der Waals surface area contributed by atoms with Crippen molar-refractivity contribution in [2.24, 2.45) is 0 Å². The van der Waals surface area contributed by atoms with Crippen LogP contribution in [0.15, 0.2) is 21.0 Å². The highest BCUT2D eigenvalue weighted by atomic mass is 32.1. The lowest BCUT2D eigenvalue weighted by atomic mass is 10.3. The van der Waals surface area contributed by atoms with Gasteiger partial charge < -0.3 is 0 Å². The van der Waals surface area contributed by atoms with Crippen molar-refractivity contribution in [2.45, 2.75) is 19.9 Å². The number of hydrogen-bond donors (Lipinski definition) is 1. The first kappa shape index (κ1) is 9.21. The van der Waals surface area contributed by atoms with Gasteiger partial charge in [-0.3, -0.25) is 14.3 Å². The molecule has 0 saturated heterocycles. The zero-order valence-electron chi connectivity index (χ0n) is 7.90. The van der Waals surface area contributed by atoms with Gasteiger partial charge in [-0.1, -0.05) is 0 Å². The second-order valence-electron chi connectivity index (χ2n) is 3.36. The number of nitrogens with one attached hydrogen (secondary N) is 1. The van der Waals surface area contributed by atoms with Gasteiger partial charge in [0, 0.05) is 6.04 Å². The maximum atomic E-state index is 11.5. The third kappa shape index (κ3) is 1.21. The summed E-state index contributed by atoms with van der Waals surface area (Å²) in [6, 6.07) is 1.79. The van der Waals surface area contributed by atoms with E-state index in [9.17, 15) is 9.59 Å². The van der Waals surface area contributed by atoms with E-state index in [1.165, 1.54) is 11.3 Å². The van der Waals surface area contributed by atoms with E-state index in [1.807, 2.05) is 19.2 Å². The summed E-state index contributed by atoms with van der Waals surface area (Å²) in [5.74, 6) is 0. The van der Waals surface area contributed by atoms with E-state index in [0.29, 0.717) is 5.39 Å². The molecule has 0 unspecified atom stereocenters. The molecule has 0 atom stereocenters. The highest BCUT2D eigenvalue weighted by Crippen LogP contribution is 2.17. The van der Waals surface area contributed by atoms with E-state index in [-0.39, 0.29) is 17.3 Å². The fraction of sp³-hybridized carbons (Fsp3) is 0.333. The number of nitrogens with zero attached hydrogens (tertiary/aromatic N) is 1. The largest absolute Gasteiger partial charge is 0.329 e. The van der Waals surface area contributed by atoms with Crippen molar-refractivity contribution in [1.82, 2.24) is 9.55 Å². The monoisotopic (exact) mass is 210 g/mol. The van der Waals surface area contributed by atoms with Crippen LogP contribution in [0.1, 0.15) is 19.9 Å². The Morgan fingerprint density at radius 2 is 2.14 bits per heavy atom. The molecule has 4 nitrogen and oxygen atoms in total. The first-order valence-corrected chi connectivity index (χ1v) is 5.21. The molecule has 0 fully saturated rings. The predicted molar refractivity (Wildman–Crippen MR) is 57.1 cm³/mol. The number of H-pyrrole nitrogens is 1. The van der Waals surface area contributed by atoms with E-state index < -0.39 is 0 Å². The van der Waals surface area contributed by atoms with Crippen molar-refractivity contribution in [3.63, 3.8) is 0 Å². The van der Waals surface area contributed by atoms with Crippen molar-refractivity contribution in [2.75, 3.05) is 0 Å². The van der Waals surface area contributed by atoms with E-state index in [0.717, 1.165) is 4.83 Å². The molecule has 0 aliphatic heterocycles. The fourth-order valence-corrected chi connectivity index (χ4v) is 2.47. The molecule has 1 N–H and O–H groups in total. The average molecular weight is 210 g/mol. The third-order valence-electron chi connectivity index (χ3n) is 2.06. The van der Waals surface area contributed by atoms with Gasteiger partial charge in [0.15, 0.2) is 0 Å². The first-order valence-electron chi connectivity index (χ1n) is 4.33. The highest BCUT2D eigenvalue weighted by molar-refractivity contribution is 7.16. The maximum Gasteiger partial charge on any atom is 0.329 e. The third-order valence-corrected chi connectivity index (χ3v) is 2.98. The van der Waals surface area contributed by atoms with Crippen LogP contribution in [0, 0.1) is 0 Å². The van der Waals surface area contributed by atoms with Gasteiger partial charge in [0.25, 0.3) is 5.56 Å². The smallest absolute Gasteiger partial charge is 0.282 e. The molecule has 2 aromatic heterocycles. The van der Waals surface area contributed by atoms with Crippen LogP contribution in [0.5, 0.6) is 0 Å². The molecule has 5 heteroatoms. The van der Waals surface area contributed by atoms with Crippen molar-refractivity contribution in [1.29, 1.82) is 0 Å².